The number of ether oxygens (including phenoxy) is 1. The first-order valence-corrected chi connectivity index (χ1v) is 12.3. The first-order valence-electron chi connectivity index (χ1n) is 12.3. The van der Waals surface area contributed by atoms with Crippen molar-refractivity contribution in [3.8, 4) is 0 Å². The van der Waals surface area contributed by atoms with Crippen molar-refractivity contribution in [3.63, 3.8) is 0 Å². The summed E-state index contributed by atoms with van der Waals surface area (Å²) in [6, 6.07) is 1.49. The summed E-state index contributed by atoms with van der Waals surface area (Å²) in [5, 5.41) is 3.19. The van der Waals surface area contributed by atoms with Crippen LogP contribution in [0.4, 0.5) is 13.2 Å². The number of nitrogens with zero attached hydrogens (tertiary/aromatic N) is 2. The molecule has 5 nitrogen and oxygen atoms in total. The van der Waals surface area contributed by atoms with Gasteiger partial charge in [-0.05, 0) is 56.7 Å². The van der Waals surface area contributed by atoms with Crippen molar-refractivity contribution in [2.75, 3.05) is 26.8 Å². The number of alkyl halides is 3. The van der Waals surface area contributed by atoms with Crippen LogP contribution in [0.2, 0.25) is 0 Å². The van der Waals surface area contributed by atoms with Gasteiger partial charge in [-0.15, -0.1) is 0 Å². The number of rotatable bonds is 2. The summed E-state index contributed by atoms with van der Waals surface area (Å²) >= 11 is 0. The summed E-state index contributed by atoms with van der Waals surface area (Å²) in [7, 11) is 1.89. The van der Waals surface area contributed by atoms with E-state index in [0.717, 1.165) is 50.7 Å². The Bertz CT molecular complexity index is 736. The zero-order chi connectivity index (χ0) is 24.4. The molecule has 1 amide bonds. The van der Waals surface area contributed by atoms with Crippen molar-refractivity contribution in [2.24, 2.45) is 11.8 Å². The molecule has 3 heterocycles. The summed E-state index contributed by atoms with van der Waals surface area (Å²) in [4.78, 5) is 18.2. The Balaban J connectivity index is 0.000000321. The van der Waals surface area contributed by atoms with Gasteiger partial charge in [-0.1, -0.05) is 27.2 Å². The Morgan fingerprint density at radius 2 is 2.00 bits per heavy atom. The van der Waals surface area contributed by atoms with Crippen LogP contribution < -0.4 is 5.32 Å². The molecular formula is C25H40F3N3O2. The number of amides is 1. The lowest BCUT2D eigenvalue weighted by Gasteiger charge is -2.30. The van der Waals surface area contributed by atoms with E-state index in [0.29, 0.717) is 30.3 Å². The smallest absolute Gasteiger partial charge is 0.381 e. The number of carbonyl (C=O) groups is 1. The first kappa shape index (κ1) is 27.6. The molecule has 3 atom stereocenters. The minimum absolute atomic E-state index is 0.0206. The molecule has 1 aromatic rings. The van der Waals surface area contributed by atoms with Gasteiger partial charge in [0.25, 0.3) is 0 Å². The lowest BCUT2D eigenvalue weighted by molar-refractivity contribution is -0.137. The van der Waals surface area contributed by atoms with Crippen LogP contribution in [-0.2, 0) is 28.7 Å². The maximum Gasteiger partial charge on any atom is 0.417 e. The van der Waals surface area contributed by atoms with E-state index in [2.05, 4.69) is 31.1 Å². The van der Waals surface area contributed by atoms with E-state index < -0.39 is 11.7 Å². The number of pyridine rings is 1. The van der Waals surface area contributed by atoms with Crippen molar-refractivity contribution < 1.29 is 22.7 Å². The molecule has 2 unspecified atom stereocenters. The molecule has 0 spiro atoms. The van der Waals surface area contributed by atoms with Gasteiger partial charge in [-0.2, -0.15) is 13.2 Å². The van der Waals surface area contributed by atoms with Gasteiger partial charge < -0.3 is 15.0 Å². The lowest BCUT2D eigenvalue weighted by atomic mass is 10.00. The van der Waals surface area contributed by atoms with Crippen LogP contribution in [-0.4, -0.2) is 48.6 Å². The molecule has 0 bridgehead atoms. The van der Waals surface area contributed by atoms with Gasteiger partial charge in [-0.25, -0.2) is 0 Å². The number of carbonyl (C=O) groups excluding carboxylic acids is 1. The van der Waals surface area contributed by atoms with Crippen molar-refractivity contribution in [3.05, 3.63) is 29.1 Å². The third-order valence-corrected chi connectivity index (χ3v) is 6.26. The fraction of sp³-hybridized carbons (Fsp3) is 0.760. The first-order chi connectivity index (χ1) is 15.7. The van der Waals surface area contributed by atoms with E-state index in [-0.39, 0.29) is 18.4 Å². The Morgan fingerprint density at radius 1 is 1.27 bits per heavy atom. The summed E-state index contributed by atoms with van der Waals surface area (Å²) in [6.07, 6.45) is 3.48. The van der Waals surface area contributed by atoms with Crippen molar-refractivity contribution in [2.45, 2.75) is 84.5 Å². The van der Waals surface area contributed by atoms with E-state index in [9.17, 15) is 18.0 Å². The van der Waals surface area contributed by atoms with Crippen LogP contribution in [0.1, 0.15) is 76.1 Å². The van der Waals surface area contributed by atoms with E-state index in [1.807, 2.05) is 7.05 Å². The van der Waals surface area contributed by atoms with Gasteiger partial charge in [0, 0.05) is 56.6 Å². The summed E-state index contributed by atoms with van der Waals surface area (Å²) in [5.74, 6) is 0.854. The molecule has 3 aliphatic rings. The van der Waals surface area contributed by atoms with E-state index >= 15 is 0 Å². The molecule has 188 valence electrons. The van der Waals surface area contributed by atoms with Gasteiger partial charge in [0.2, 0.25) is 5.91 Å². The average Bonchev–Trinajstić information content (AvgIpc) is 3.28. The molecule has 1 aliphatic carbocycles. The highest BCUT2D eigenvalue weighted by Crippen LogP contribution is 2.32. The minimum atomic E-state index is -4.40. The minimum Gasteiger partial charge on any atom is -0.381 e. The normalized spacial score (nSPS) is 24.7. The predicted octanol–water partition coefficient (Wildman–Crippen LogP) is 5.22. The standard InChI is InChI=1S/C16H20F3N3O.C6H12O.C3H8/c1-20-13-3-2-10(7-13)15(23)22-5-4-14-11(9-22)6-12(8-21-14)16(17,18)19;1-6-3-2-4-7-5-6;1-3-2/h6,8,10,13,20H,2-5,7,9H2,1H3;6H,2-5H2,1H3;3H2,1-2H3/t10-,13?;;/m0../s1. The third-order valence-electron chi connectivity index (χ3n) is 6.26. The van der Waals surface area contributed by atoms with E-state index in [1.54, 1.807) is 4.90 Å². The number of aromatic nitrogens is 1. The fourth-order valence-corrected chi connectivity index (χ4v) is 4.40. The van der Waals surface area contributed by atoms with Gasteiger partial charge in [0.15, 0.2) is 0 Å². The summed E-state index contributed by atoms with van der Waals surface area (Å²) in [6.45, 7) is 9.22. The monoisotopic (exact) mass is 471 g/mol. The maximum atomic E-state index is 12.8. The number of fused-ring (bicyclic) bond motifs is 1. The SMILES string of the molecule is CC1CCCOC1.CCC.CNC1CC[C@H](C(=O)N2CCc3ncc(C(F)(F)F)cc3C2)C1. The van der Waals surface area contributed by atoms with E-state index in [1.165, 1.54) is 19.3 Å². The molecule has 8 heteroatoms. The Labute approximate surface area is 196 Å². The van der Waals surface area contributed by atoms with Crippen LogP contribution >= 0.6 is 0 Å². The zero-order valence-electron chi connectivity index (χ0n) is 20.5. The molecule has 2 fully saturated rings. The second kappa shape index (κ2) is 13.3. The molecule has 0 aromatic carbocycles. The average molecular weight is 472 g/mol. The predicted molar refractivity (Wildman–Crippen MR) is 124 cm³/mol. The molecule has 4 rings (SSSR count). The van der Waals surface area contributed by atoms with Crippen molar-refractivity contribution in [1.82, 2.24) is 15.2 Å². The number of hydrogen-bond donors (Lipinski definition) is 1. The van der Waals surface area contributed by atoms with Crippen LogP contribution in [0.5, 0.6) is 0 Å². The zero-order valence-corrected chi connectivity index (χ0v) is 20.5. The molecular weight excluding hydrogens is 431 g/mol. The lowest BCUT2D eigenvalue weighted by Crippen LogP contribution is -2.40. The number of nitrogens with one attached hydrogen (secondary N) is 1. The molecule has 0 radical (unpaired) electrons. The van der Waals surface area contributed by atoms with Gasteiger partial charge >= 0.3 is 6.18 Å². The summed E-state index contributed by atoms with van der Waals surface area (Å²) in [5.41, 5.74) is 0.436. The summed E-state index contributed by atoms with van der Waals surface area (Å²) < 4.78 is 43.6. The second-order valence-corrected chi connectivity index (χ2v) is 9.36. The number of halogens is 3. The molecule has 1 saturated carbocycles. The molecule has 1 saturated heterocycles. The van der Waals surface area contributed by atoms with E-state index in [4.69, 9.17) is 4.74 Å². The largest absolute Gasteiger partial charge is 0.417 e. The highest BCUT2D eigenvalue weighted by molar-refractivity contribution is 5.79. The highest BCUT2D eigenvalue weighted by atomic mass is 19.4. The van der Waals surface area contributed by atoms with Crippen molar-refractivity contribution in [1.29, 1.82) is 0 Å². The van der Waals surface area contributed by atoms with Gasteiger partial charge in [0.1, 0.15) is 0 Å². The van der Waals surface area contributed by atoms with Crippen molar-refractivity contribution >= 4 is 5.91 Å². The Hall–Kier alpha value is -1.67. The molecule has 2 aliphatic heterocycles. The molecule has 1 N–H and O–H groups in total. The van der Waals surface area contributed by atoms with Crippen LogP contribution in [0, 0.1) is 11.8 Å². The second-order valence-electron chi connectivity index (χ2n) is 9.36. The van der Waals surface area contributed by atoms with Crippen LogP contribution in [0.3, 0.4) is 0 Å². The van der Waals surface area contributed by atoms with Crippen LogP contribution in [0.25, 0.3) is 0 Å². The third kappa shape index (κ3) is 8.56. The quantitative estimate of drug-likeness (QED) is 0.642. The Morgan fingerprint density at radius 3 is 2.52 bits per heavy atom. The number of hydrogen-bond acceptors (Lipinski definition) is 4. The molecule has 33 heavy (non-hydrogen) atoms. The highest BCUT2D eigenvalue weighted by Gasteiger charge is 2.35. The van der Waals surface area contributed by atoms with Gasteiger partial charge in [0.05, 0.1) is 5.56 Å². The fourth-order valence-electron chi connectivity index (χ4n) is 4.40. The van der Waals surface area contributed by atoms with Crippen LogP contribution in [0.15, 0.2) is 12.3 Å². The Kier molecular flexibility index (Phi) is 11.1. The maximum absolute atomic E-state index is 12.8. The molecule has 1 aromatic heterocycles. The van der Waals surface area contributed by atoms with Gasteiger partial charge in [-0.3, -0.25) is 9.78 Å². The topological polar surface area (TPSA) is 54.5 Å².